The SMILES string of the molecule is CO/N=C(\Cc1ccccc1)c1nccs1. The zero-order valence-electron chi connectivity index (χ0n) is 8.96. The minimum Gasteiger partial charge on any atom is -0.399 e. The fraction of sp³-hybridized carbons (Fsp3) is 0.167. The van der Waals surface area contributed by atoms with Gasteiger partial charge in [-0.2, -0.15) is 0 Å². The van der Waals surface area contributed by atoms with Crippen LogP contribution >= 0.6 is 11.3 Å². The van der Waals surface area contributed by atoms with Gasteiger partial charge >= 0.3 is 0 Å². The van der Waals surface area contributed by atoms with Crippen LogP contribution in [0.25, 0.3) is 0 Å². The van der Waals surface area contributed by atoms with E-state index < -0.39 is 0 Å². The van der Waals surface area contributed by atoms with Crippen LogP contribution in [0.15, 0.2) is 47.1 Å². The van der Waals surface area contributed by atoms with Gasteiger partial charge in [0.05, 0.1) is 0 Å². The lowest BCUT2D eigenvalue weighted by Gasteiger charge is -2.02. The van der Waals surface area contributed by atoms with E-state index in [4.69, 9.17) is 4.84 Å². The Labute approximate surface area is 98.4 Å². The zero-order chi connectivity index (χ0) is 11.2. The molecule has 0 aliphatic carbocycles. The molecule has 0 spiro atoms. The molecular weight excluding hydrogens is 220 g/mol. The summed E-state index contributed by atoms with van der Waals surface area (Å²) in [4.78, 5) is 9.09. The van der Waals surface area contributed by atoms with Crippen molar-refractivity contribution >= 4 is 17.0 Å². The summed E-state index contributed by atoms with van der Waals surface area (Å²) in [6, 6.07) is 10.2. The number of aromatic nitrogens is 1. The standard InChI is InChI=1S/C12H12N2OS/c1-15-14-11(12-13-7-8-16-12)9-10-5-3-2-4-6-10/h2-8H,9H2,1H3/b14-11+. The van der Waals surface area contributed by atoms with Crippen LogP contribution in [-0.4, -0.2) is 17.8 Å². The molecule has 0 bridgehead atoms. The van der Waals surface area contributed by atoms with E-state index in [9.17, 15) is 0 Å². The molecule has 0 aliphatic heterocycles. The normalized spacial score (nSPS) is 11.4. The lowest BCUT2D eigenvalue weighted by molar-refractivity contribution is 0.213. The molecule has 0 unspecified atom stereocenters. The third kappa shape index (κ3) is 2.67. The average molecular weight is 232 g/mol. The molecule has 0 amide bonds. The van der Waals surface area contributed by atoms with E-state index in [1.165, 1.54) is 5.56 Å². The van der Waals surface area contributed by atoms with Crippen molar-refractivity contribution in [1.29, 1.82) is 0 Å². The predicted octanol–water partition coefficient (Wildman–Crippen LogP) is 2.74. The lowest BCUT2D eigenvalue weighted by Crippen LogP contribution is -2.05. The highest BCUT2D eigenvalue weighted by molar-refractivity contribution is 7.11. The monoisotopic (exact) mass is 232 g/mol. The molecule has 0 saturated heterocycles. The van der Waals surface area contributed by atoms with Crippen LogP contribution in [0.2, 0.25) is 0 Å². The smallest absolute Gasteiger partial charge is 0.141 e. The fourth-order valence-electron chi connectivity index (χ4n) is 1.41. The second-order valence-electron chi connectivity index (χ2n) is 3.22. The van der Waals surface area contributed by atoms with Gasteiger partial charge in [0.1, 0.15) is 17.8 Å². The molecule has 2 aromatic rings. The van der Waals surface area contributed by atoms with Crippen LogP contribution in [0.1, 0.15) is 10.6 Å². The van der Waals surface area contributed by atoms with Crippen LogP contribution in [0.4, 0.5) is 0 Å². The van der Waals surface area contributed by atoms with E-state index in [0.717, 1.165) is 17.1 Å². The molecule has 4 heteroatoms. The van der Waals surface area contributed by atoms with Gasteiger partial charge in [0.2, 0.25) is 0 Å². The van der Waals surface area contributed by atoms with Crippen molar-refractivity contribution in [1.82, 2.24) is 4.98 Å². The first-order valence-electron chi connectivity index (χ1n) is 4.94. The highest BCUT2D eigenvalue weighted by atomic mass is 32.1. The highest BCUT2D eigenvalue weighted by Gasteiger charge is 2.08. The van der Waals surface area contributed by atoms with Crippen LogP contribution in [0, 0.1) is 0 Å². The van der Waals surface area contributed by atoms with Crippen molar-refractivity contribution in [2.45, 2.75) is 6.42 Å². The maximum Gasteiger partial charge on any atom is 0.141 e. The predicted molar refractivity (Wildman–Crippen MR) is 65.8 cm³/mol. The van der Waals surface area contributed by atoms with Gasteiger partial charge in [0.15, 0.2) is 0 Å². The maximum absolute atomic E-state index is 4.85. The number of thiazole rings is 1. The Balaban J connectivity index is 2.20. The molecule has 0 radical (unpaired) electrons. The molecule has 1 aromatic carbocycles. The van der Waals surface area contributed by atoms with Gasteiger partial charge in [-0.05, 0) is 5.56 Å². The van der Waals surface area contributed by atoms with Gasteiger partial charge in [-0.3, -0.25) is 0 Å². The Hall–Kier alpha value is -1.68. The molecule has 82 valence electrons. The molecule has 0 atom stereocenters. The van der Waals surface area contributed by atoms with Crippen molar-refractivity contribution in [3.05, 3.63) is 52.5 Å². The summed E-state index contributed by atoms with van der Waals surface area (Å²) < 4.78 is 0. The summed E-state index contributed by atoms with van der Waals surface area (Å²) in [6.45, 7) is 0. The summed E-state index contributed by atoms with van der Waals surface area (Å²) in [7, 11) is 1.55. The van der Waals surface area contributed by atoms with Crippen LogP contribution in [0.5, 0.6) is 0 Å². The summed E-state index contributed by atoms with van der Waals surface area (Å²) in [5.41, 5.74) is 2.07. The third-order valence-electron chi connectivity index (χ3n) is 2.10. The molecule has 0 fully saturated rings. The van der Waals surface area contributed by atoms with Gasteiger partial charge < -0.3 is 4.84 Å². The summed E-state index contributed by atoms with van der Waals surface area (Å²) in [5.74, 6) is 0. The van der Waals surface area contributed by atoms with E-state index in [0.29, 0.717) is 0 Å². The van der Waals surface area contributed by atoms with E-state index in [1.807, 2.05) is 23.6 Å². The molecule has 0 N–H and O–H groups in total. The number of oxime groups is 1. The molecule has 16 heavy (non-hydrogen) atoms. The first-order valence-corrected chi connectivity index (χ1v) is 5.82. The summed E-state index contributed by atoms with van der Waals surface area (Å²) >= 11 is 1.57. The molecule has 3 nitrogen and oxygen atoms in total. The number of benzene rings is 1. The number of nitrogens with zero attached hydrogens (tertiary/aromatic N) is 2. The van der Waals surface area contributed by atoms with Crippen molar-refractivity contribution < 1.29 is 4.84 Å². The Kier molecular flexibility index (Phi) is 3.66. The Morgan fingerprint density at radius 3 is 2.81 bits per heavy atom. The minimum atomic E-state index is 0.738. The maximum atomic E-state index is 4.85. The lowest BCUT2D eigenvalue weighted by atomic mass is 10.1. The second kappa shape index (κ2) is 5.42. The van der Waals surface area contributed by atoms with Crippen molar-refractivity contribution in [2.75, 3.05) is 7.11 Å². The molecule has 2 rings (SSSR count). The van der Waals surface area contributed by atoms with Crippen molar-refractivity contribution in [3.63, 3.8) is 0 Å². The van der Waals surface area contributed by atoms with Gasteiger partial charge in [-0.15, -0.1) is 11.3 Å². The van der Waals surface area contributed by atoms with E-state index in [1.54, 1.807) is 24.6 Å². The van der Waals surface area contributed by atoms with E-state index in [2.05, 4.69) is 22.3 Å². The van der Waals surface area contributed by atoms with Gasteiger partial charge in [-0.25, -0.2) is 4.98 Å². The largest absolute Gasteiger partial charge is 0.399 e. The number of rotatable bonds is 4. The highest BCUT2D eigenvalue weighted by Crippen LogP contribution is 2.11. The first kappa shape index (κ1) is 10.8. The number of hydrogen-bond acceptors (Lipinski definition) is 4. The van der Waals surface area contributed by atoms with Gasteiger partial charge in [0, 0.05) is 18.0 Å². The zero-order valence-corrected chi connectivity index (χ0v) is 9.78. The molecule has 0 saturated carbocycles. The van der Waals surface area contributed by atoms with Crippen LogP contribution in [0.3, 0.4) is 0 Å². The van der Waals surface area contributed by atoms with Crippen molar-refractivity contribution in [3.8, 4) is 0 Å². The van der Waals surface area contributed by atoms with E-state index >= 15 is 0 Å². The van der Waals surface area contributed by atoms with Gasteiger partial charge in [0.25, 0.3) is 0 Å². The molecule has 1 heterocycles. The Morgan fingerprint density at radius 1 is 1.38 bits per heavy atom. The van der Waals surface area contributed by atoms with Crippen LogP contribution < -0.4 is 0 Å². The Bertz CT molecular complexity index is 451. The van der Waals surface area contributed by atoms with Crippen molar-refractivity contribution in [2.24, 2.45) is 5.16 Å². The molecule has 1 aromatic heterocycles. The number of hydrogen-bond donors (Lipinski definition) is 0. The molecule has 0 aliphatic rings. The Morgan fingerprint density at radius 2 is 2.19 bits per heavy atom. The van der Waals surface area contributed by atoms with Crippen LogP contribution in [-0.2, 0) is 11.3 Å². The van der Waals surface area contributed by atoms with E-state index in [-0.39, 0.29) is 0 Å². The van der Waals surface area contributed by atoms with Gasteiger partial charge in [-0.1, -0.05) is 35.5 Å². The average Bonchev–Trinajstić information content (AvgIpc) is 2.83. The quantitative estimate of drug-likeness (QED) is 0.600. The first-order chi connectivity index (χ1) is 7.90. The topological polar surface area (TPSA) is 34.5 Å². The second-order valence-corrected chi connectivity index (χ2v) is 4.11. The molecular formula is C12H12N2OS. The fourth-order valence-corrected chi connectivity index (χ4v) is 2.03. The summed E-state index contributed by atoms with van der Waals surface area (Å²) in [5, 5.41) is 6.87. The summed E-state index contributed by atoms with van der Waals surface area (Å²) in [6.07, 6.45) is 2.51. The third-order valence-corrected chi connectivity index (χ3v) is 2.92. The minimum absolute atomic E-state index is 0.738.